The van der Waals surface area contributed by atoms with Crippen LogP contribution < -0.4 is 5.56 Å². The van der Waals surface area contributed by atoms with Crippen LogP contribution in [0, 0.1) is 5.92 Å². The van der Waals surface area contributed by atoms with E-state index in [1.807, 2.05) is 0 Å². The number of aromatic nitrogens is 2. The molecule has 1 atom stereocenters. The molecule has 1 saturated heterocycles. The van der Waals surface area contributed by atoms with E-state index in [1.165, 1.54) is 17.2 Å². The van der Waals surface area contributed by atoms with Gasteiger partial charge >= 0.3 is 0 Å². The average molecular weight is 291 g/mol. The molecule has 1 aromatic heterocycles. The van der Waals surface area contributed by atoms with Gasteiger partial charge in [-0.25, -0.2) is 9.37 Å². The maximum absolute atomic E-state index is 14.3. The Hall–Kier alpha value is -1.98. The lowest BCUT2D eigenvalue weighted by molar-refractivity contribution is -0.129. The number of hydrogen-bond donors (Lipinski definition) is 1. The van der Waals surface area contributed by atoms with Gasteiger partial charge in [-0.3, -0.25) is 9.59 Å². The predicted molar refractivity (Wildman–Crippen MR) is 75.1 cm³/mol. The molecule has 21 heavy (non-hydrogen) atoms. The third-order valence-electron chi connectivity index (χ3n) is 4.24. The summed E-state index contributed by atoms with van der Waals surface area (Å²) in [5.41, 5.74) is 0.296. The van der Waals surface area contributed by atoms with E-state index in [-0.39, 0.29) is 17.5 Å². The number of aromatic amines is 1. The maximum Gasteiger partial charge on any atom is 0.283 e. The molecule has 1 N–H and O–H groups in total. The first kappa shape index (κ1) is 14.0. The first-order chi connectivity index (χ1) is 10.1. The lowest BCUT2D eigenvalue weighted by Crippen LogP contribution is -2.33. The zero-order chi connectivity index (χ0) is 15.0. The first-order valence-corrected chi connectivity index (χ1v) is 7.30. The zero-order valence-corrected chi connectivity index (χ0v) is 11.9. The van der Waals surface area contributed by atoms with Crippen molar-refractivity contribution in [3.8, 4) is 0 Å². The van der Waals surface area contributed by atoms with E-state index >= 15 is 0 Å². The topological polar surface area (TPSA) is 66.1 Å². The van der Waals surface area contributed by atoms with Crippen LogP contribution in [0.4, 0.5) is 4.39 Å². The number of hydrogen-bond acceptors (Lipinski definition) is 3. The number of rotatable bonds is 3. The number of allylic oxidation sites excluding steroid dienone is 1. The number of nitrogens with one attached hydrogen (secondary N) is 1. The Kier molecular flexibility index (Phi) is 3.61. The number of carbonyl (C=O) groups excluding carboxylic acids is 1. The molecule has 5 nitrogen and oxygen atoms in total. The van der Waals surface area contributed by atoms with Crippen molar-refractivity contribution in [2.75, 3.05) is 6.54 Å². The standard InChI is InChI=1S/C15H18FN3O2/c1-9(10-4-5-10)13(16)15(21)19-8-2-3-11(19)14-17-7-6-12(20)18-14/h6-7,10-11H,2-5,8H2,1H3,(H,17,18,20)/b13-9+. The summed E-state index contributed by atoms with van der Waals surface area (Å²) in [4.78, 5) is 32.0. The fraction of sp³-hybridized carbons (Fsp3) is 0.533. The van der Waals surface area contributed by atoms with Crippen LogP contribution in [-0.4, -0.2) is 27.3 Å². The van der Waals surface area contributed by atoms with Crippen LogP contribution in [0.1, 0.15) is 44.5 Å². The molecule has 6 heteroatoms. The van der Waals surface area contributed by atoms with Crippen molar-refractivity contribution in [2.45, 2.75) is 38.6 Å². The Balaban J connectivity index is 1.85. The molecule has 1 aliphatic carbocycles. The molecule has 0 spiro atoms. The molecule has 2 fully saturated rings. The van der Waals surface area contributed by atoms with Gasteiger partial charge in [0.1, 0.15) is 5.82 Å². The Morgan fingerprint density at radius 1 is 1.43 bits per heavy atom. The number of H-pyrrole nitrogens is 1. The highest BCUT2D eigenvalue weighted by Crippen LogP contribution is 2.39. The molecule has 1 aliphatic heterocycles. The molecule has 0 radical (unpaired) electrons. The summed E-state index contributed by atoms with van der Waals surface area (Å²) in [6.45, 7) is 2.19. The number of likely N-dealkylation sites (tertiary alicyclic amines) is 1. The third kappa shape index (κ3) is 2.75. The highest BCUT2D eigenvalue weighted by atomic mass is 19.1. The van der Waals surface area contributed by atoms with Gasteiger partial charge in [0, 0.05) is 18.8 Å². The van der Waals surface area contributed by atoms with Gasteiger partial charge in [-0.05, 0) is 44.1 Å². The molecule has 0 aromatic carbocycles. The fourth-order valence-corrected chi connectivity index (χ4v) is 2.84. The summed E-state index contributed by atoms with van der Waals surface area (Å²) >= 11 is 0. The number of halogens is 1. The van der Waals surface area contributed by atoms with Crippen LogP contribution in [0.15, 0.2) is 28.5 Å². The normalized spacial score (nSPS) is 23.1. The van der Waals surface area contributed by atoms with Crippen molar-refractivity contribution in [3.63, 3.8) is 0 Å². The summed E-state index contributed by atoms with van der Waals surface area (Å²) in [5, 5.41) is 0. The van der Waals surface area contributed by atoms with Crippen LogP contribution in [0.3, 0.4) is 0 Å². The van der Waals surface area contributed by atoms with Crippen LogP contribution >= 0.6 is 0 Å². The van der Waals surface area contributed by atoms with Crippen molar-refractivity contribution in [3.05, 3.63) is 39.8 Å². The summed E-state index contributed by atoms with van der Waals surface area (Å²) in [5.74, 6) is -0.550. The average Bonchev–Trinajstić information content (AvgIpc) is 3.21. The van der Waals surface area contributed by atoms with Crippen molar-refractivity contribution in [1.82, 2.24) is 14.9 Å². The van der Waals surface area contributed by atoms with Crippen molar-refractivity contribution in [2.24, 2.45) is 5.92 Å². The lowest BCUT2D eigenvalue weighted by Gasteiger charge is -2.23. The minimum absolute atomic E-state index is 0.227. The largest absolute Gasteiger partial charge is 0.326 e. The third-order valence-corrected chi connectivity index (χ3v) is 4.24. The van der Waals surface area contributed by atoms with E-state index in [0.29, 0.717) is 24.4 Å². The summed E-state index contributed by atoms with van der Waals surface area (Å²) in [6.07, 6.45) is 4.81. The van der Waals surface area contributed by atoms with Gasteiger partial charge in [-0.1, -0.05) is 0 Å². The molecule has 1 unspecified atom stereocenters. The minimum Gasteiger partial charge on any atom is -0.326 e. The molecule has 1 amide bonds. The molecule has 1 aromatic rings. The van der Waals surface area contributed by atoms with E-state index in [2.05, 4.69) is 9.97 Å². The molecular formula is C15H18FN3O2. The van der Waals surface area contributed by atoms with E-state index < -0.39 is 11.7 Å². The highest BCUT2D eigenvalue weighted by Gasteiger charge is 2.36. The van der Waals surface area contributed by atoms with Crippen molar-refractivity contribution in [1.29, 1.82) is 0 Å². The highest BCUT2D eigenvalue weighted by molar-refractivity contribution is 5.92. The molecule has 1 saturated carbocycles. The Labute approximate surface area is 121 Å². The second-order valence-corrected chi connectivity index (χ2v) is 5.75. The summed E-state index contributed by atoms with van der Waals surface area (Å²) < 4.78 is 14.3. The molecule has 2 heterocycles. The molecular weight excluding hydrogens is 273 g/mol. The molecule has 0 bridgehead atoms. The monoisotopic (exact) mass is 291 g/mol. The second-order valence-electron chi connectivity index (χ2n) is 5.75. The quantitative estimate of drug-likeness (QED) is 0.867. The van der Waals surface area contributed by atoms with Gasteiger partial charge in [0.25, 0.3) is 11.5 Å². The van der Waals surface area contributed by atoms with E-state index in [9.17, 15) is 14.0 Å². The van der Waals surface area contributed by atoms with Crippen molar-refractivity contribution < 1.29 is 9.18 Å². The van der Waals surface area contributed by atoms with E-state index in [4.69, 9.17) is 0 Å². The van der Waals surface area contributed by atoms with Gasteiger partial charge < -0.3 is 9.88 Å². The molecule has 3 rings (SSSR count). The van der Waals surface area contributed by atoms with Gasteiger partial charge in [0.2, 0.25) is 0 Å². The Morgan fingerprint density at radius 3 is 2.86 bits per heavy atom. The number of carbonyl (C=O) groups is 1. The maximum atomic E-state index is 14.3. The van der Waals surface area contributed by atoms with Crippen LogP contribution in [0.25, 0.3) is 0 Å². The van der Waals surface area contributed by atoms with E-state index in [0.717, 1.165) is 19.3 Å². The van der Waals surface area contributed by atoms with Crippen molar-refractivity contribution >= 4 is 5.91 Å². The fourth-order valence-electron chi connectivity index (χ4n) is 2.84. The predicted octanol–water partition coefficient (Wildman–Crippen LogP) is 2.09. The molecule has 112 valence electrons. The number of nitrogens with zero attached hydrogens (tertiary/aromatic N) is 2. The Morgan fingerprint density at radius 2 is 2.19 bits per heavy atom. The van der Waals surface area contributed by atoms with Gasteiger partial charge in [0.05, 0.1) is 6.04 Å². The zero-order valence-electron chi connectivity index (χ0n) is 11.9. The second kappa shape index (κ2) is 5.42. The summed E-state index contributed by atoms with van der Waals surface area (Å²) in [6, 6.07) is 0.978. The number of amides is 1. The van der Waals surface area contributed by atoms with Gasteiger partial charge in [-0.2, -0.15) is 0 Å². The summed E-state index contributed by atoms with van der Waals surface area (Å²) in [7, 11) is 0. The van der Waals surface area contributed by atoms with Gasteiger partial charge in [-0.15, -0.1) is 0 Å². The minimum atomic E-state index is -0.636. The SMILES string of the molecule is C/C(=C(\F)C(=O)N1CCCC1c1nccc(=O)[nH]1)C1CC1. The van der Waals surface area contributed by atoms with Gasteiger partial charge in [0.15, 0.2) is 5.83 Å². The molecule has 2 aliphatic rings. The van der Waals surface area contributed by atoms with E-state index in [1.54, 1.807) is 6.92 Å². The van der Waals surface area contributed by atoms with Crippen LogP contribution in [0.2, 0.25) is 0 Å². The first-order valence-electron chi connectivity index (χ1n) is 7.30. The lowest BCUT2D eigenvalue weighted by atomic mass is 10.1. The Bertz CT molecular complexity index is 648. The van der Waals surface area contributed by atoms with Crippen LogP contribution in [-0.2, 0) is 4.79 Å². The van der Waals surface area contributed by atoms with Crippen LogP contribution in [0.5, 0.6) is 0 Å². The smallest absolute Gasteiger partial charge is 0.283 e.